The Labute approximate surface area is 123 Å². The summed E-state index contributed by atoms with van der Waals surface area (Å²) in [5, 5.41) is 14.4. The Morgan fingerprint density at radius 2 is 2.29 bits per heavy atom. The summed E-state index contributed by atoms with van der Waals surface area (Å²) in [6.07, 6.45) is 2.52. The first-order valence-corrected chi connectivity index (χ1v) is 6.93. The van der Waals surface area contributed by atoms with Gasteiger partial charge >= 0.3 is 12.0 Å². The van der Waals surface area contributed by atoms with Crippen molar-refractivity contribution in [1.29, 1.82) is 0 Å². The van der Waals surface area contributed by atoms with Crippen LogP contribution in [-0.2, 0) is 6.54 Å². The lowest BCUT2D eigenvalue weighted by atomic mass is 10.1. The molecule has 0 aliphatic carbocycles. The van der Waals surface area contributed by atoms with E-state index < -0.39 is 5.97 Å². The van der Waals surface area contributed by atoms with Crippen molar-refractivity contribution in [3.63, 3.8) is 0 Å². The van der Waals surface area contributed by atoms with Crippen molar-refractivity contribution in [3.05, 3.63) is 29.6 Å². The second-order valence-electron chi connectivity index (χ2n) is 5.32. The summed E-state index contributed by atoms with van der Waals surface area (Å²) in [5.41, 5.74) is 0.682. The van der Waals surface area contributed by atoms with E-state index in [4.69, 9.17) is 5.11 Å². The number of carbonyl (C=O) groups is 2. The van der Waals surface area contributed by atoms with Gasteiger partial charge in [-0.05, 0) is 38.1 Å². The Kier molecular flexibility index (Phi) is 5.10. The maximum Gasteiger partial charge on any atom is 0.335 e. The zero-order chi connectivity index (χ0) is 15.2. The lowest BCUT2D eigenvalue weighted by molar-refractivity contribution is 0.0696. The summed E-state index contributed by atoms with van der Waals surface area (Å²) >= 11 is 0. The highest BCUT2D eigenvalue weighted by atomic mass is 16.4. The number of hydrogen-bond donors (Lipinski definition) is 3. The van der Waals surface area contributed by atoms with Crippen molar-refractivity contribution in [2.24, 2.45) is 5.92 Å². The second kappa shape index (κ2) is 7.03. The zero-order valence-electron chi connectivity index (χ0n) is 12.0. The third-order valence-corrected chi connectivity index (χ3v) is 3.53. The number of nitrogens with zero attached hydrogens (tertiary/aromatic N) is 2. The highest BCUT2D eigenvalue weighted by Crippen LogP contribution is 2.12. The lowest BCUT2D eigenvalue weighted by Gasteiger charge is -2.12. The van der Waals surface area contributed by atoms with Crippen molar-refractivity contribution < 1.29 is 14.7 Å². The van der Waals surface area contributed by atoms with Crippen LogP contribution in [0.5, 0.6) is 0 Å². The SMILES string of the molecule is CN1CCC(CNC(=O)NCc2cc(C(=O)O)ccn2)C1. The van der Waals surface area contributed by atoms with Crippen LogP contribution < -0.4 is 10.6 Å². The van der Waals surface area contributed by atoms with E-state index in [0.717, 1.165) is 19.5 Å². The first kappa shape index (κ1) is 15.2. The number of rotatable bonds is 5. The minimum absolute atomic E-state index is 0.163. The molecule has 1 unspecified atom stereocenters. The normalized spacial score (nSPS) is 18.4. The highest BCUT2D eigenvalue weighted by Gasteiger charge is 2.19. The zero-order valence-corrected chi connectivity index (χ0v) is 12.0. The monoisotopic (exact) mass is 292 g/mol. The number of nitrogens with one attached hydrogen (secondary N) is 2. The van der Waals surface area contributed by atoms with Gasteiger partial charge in [0.25, 0.3) is 0 Å². The van der Waals surface area contributed by atoms with Gasteiger partial charge in [0.2, 0.25) is 0 Å². The van der Waals surface area contributed by atoms with Crippen molar-refractivity contribution in [2.45, 2.75) is 13.0 Å². The second-order valence-corrected chi connectivity index (χ2v) is 5.32. The molecule has 1 fully saturated rings. The molecule has 7 heteroatoms. The molecule has 1 aliphatic rings. The largest absolute Gasteiger partial charge is 0.478 e. The van der Waals surface area contributed by atoms with E-state index in [1.807, 2.05) is 0 Å². The van der Waals surface area contributed by atoms with E-state index in [1.165, 1.54) is 18.3 Å². The van der Waals surface area contributed by atoms with Crippen molar-refractivity contribution in [3.8, 4) is 0 Å². The molecule has 0 spiro atoms. The molecule has 0 saturated carbocycles. The van der Waals surface area contributed by atoms with E-state index in [0.29, 0.717) is 18.2 Å². The smallest absolute Gasteiger partial charge is 0.335 e. The van der Waals surface area contributed by atoms with Crippen molar-refractivity contribution in [2.75, 3.05) is 26.7 Å². The van der Waals surface area contributed by atoms with Gasteiger partial charge in [0.1, 0.15) is 0 Å². The van der Waals surface area contributed by atoms with Crippen molar-refractivity contribution in [1.82, 2.24) is 20.5 Å². The molecule has 0 radical (unpaired) electrons. The first-order valence-electron chi connectivity index (χ1n) is 6.93. The molecular weight excluding hydrogens is 272 g/mol. The van der Waals surface area contributed by atoms with E-state index in [9.17, 15) is 9.59 Å². The Hall–Kier alpha value is -2.15. The van der Waals surface area contributed by atoms with Crippen LogP contribution in [0.3, 0.4) is 0 Å². The molecule has 3 N–H and O–H groups in total. The first-order chi connectivity index (χ1) is 10.0. The number of urea groups is 1. The number of carboxylic acids is 1. The number of likely N-dealkylation sites (tertiary alicyclic amines) is 1. The average molecular weight is 292 g/mol. The topological polar surface area (TPSA) is 94.6 Å². The van der Waals surface area contributed by atoms with E-state index in [-0.39, 0.29) is 18.1 Å². The summed E-state index contributed by atoms with van der Waals surface area (Å²) in [7, 11) is 2.07. The highest BCUT2D eigenvalue weighted by molar-refractivity contribution is 5.87. The molecule has 1 aromatic rings. The van der Waals surface area contributed by atoms with E-state index in [2.05, 4.69) is 27.6 Å². The van der Waals surface area contributed by atoms with Crippen molar-refractivity contribution >= 4 is 12.0 Å². The fourth-order valence-corrected chi connectivity index (χ4v) is 2.37. The fourth-order valence-electron chi connectivity index (χ4n) is 2.37. The quantitative estimate of drug-likeness (QED) is 0.736. The summed E-state index contributed by atoms with van der Waals surface area (Å²) < 4.78 is 0. The van der Waals surface area contributed by atoms with Gasteiger partial charge in [0, 0.05) is 19.3 Å². The molecule has 1 saturated heterocycles. The van der Waals surface area contributed by atoms with Gasteiger partial charge in [-0.3, -0.25) is 4.98 Å². The predicted octanol–water partition coefficient (Wildman–Crippen LogP) is 0.531. The van der Waals surface area contributed by atoms with Gasteiger partial charge in [-0.15, -0.1) is 0 Å². The van der Waals surface area contributed by atoms with Crippen LogP contribution in [0.1, 0.15) is 22.5 Å². The number of pyridine rings is 1. The molecule has 7 nitrogen and oxygen atoms in total. The van der Waals surface area contributed by atoms with Crippen LogP contribution in [0, 0.1) is 5.92 Å². The van der Waals surface area contributed by atoms with Gasteiger partial charge in [-0.1, -0.05) is 0 Å². The summed E-state index contributed by atoms with van der Waals surface area (Å²) in [4.78, 5) is 28.8. The fraction of sp³-hybridized carbons (Fsp3) is 0.500. The average Bonchev–Trinajstić information content (AvgIpc) is 2.89. The predicted molar refractivity (Wildman–Crippen MR) is 77.0 cm³/mol. The maximum atomic E-state index is 11.7. The molecule has 0 bridgehead atoms. The third kappa shape index (κ3) is 4.71. The van der Waals surface area contributed by atoms with Crippen LogP contribution in [0.15, 0.2) is 18.3 Å². The number of carbonyl (C=O) groups excluding carboxylic acids is 1. The minimum Gasteiger partial charge on any atom is -0.478 e. The van der Waals surface area contributed by atoms with E-state index in [1.54, 1.807) is 0 Å². The van der Waals surface area contributed by atoms with Crippen LogP contribution in [0.4, 0.5) is 4.79 Å². The van der Waals surface area contributed by atoms with Crippen LogP contribution in [-0.4, -0.2) is 53.7 Å². The van der Waals surface area contributed by atoms with Gasteiger partial charge in [-0.2, -0.15) is 0 Å². The Morgan fingerprint density at radius 3 is 2.95 bits per heavy atom. The lowest BCUT2D eigenvalue weighted by Crippen LogP contribution is -2.38. The molecular formula is C14H20N4O3. The number of hydrogen-bond acceptors (Lipinski definition) is 4. The number of amides is 2. The number of carboxylic acid groups (broad SMARTS) is 1. The van der Waals surface area contributed by atoms with Crippen LogP contribution in [0.25, 0.3) is 0 Å². The van der Waals surface area contributed by atoms with Crippen LogP contribution in [0.2, 0.25) is 0 Å². The summed E-state index contributed by atoms with van der Waals surface area (Å²) in [5.74, 6) is -0.511. The van der Waals surface area contributed by atoms with Gasteiger partial charge < -0.3 is 20.6 Å². The molecule has 1 atom stereocenters. The number of aromatic carboxylic acids is 1. The molecule has 1 aliphatic heterocycles. The Balaban J connectivity index is 1.73. The van der Waals surface area contributed by atoms with Gasteiger partial charge in [0.15, 0.2) is 0 Å². The van der Waals surface area contributed by atoms with Gasteiger partial charge in [-0.25, -0.2) is 9.59 Å². The molecule has 1 aromatic heterocycles. The maximum absolute atomic E-state index is 11.7. The van der Waals surface area contributed by atoms with Gasteiger partial charge in [0.05, 0.1) is 17.8 Å². The molecule has 21 heavy (non-hydrogen) atoms. The molecule has 0 aromatic carbocycles. The Bertz CT molecular complexity index is 521. The van der Waals surface area contributed by atoms with E-state index >= 15 is 0 Å². The summed E-state index contributed by atoms with van der Waals surface area (Å²) in [6, 6.07) is 2.61. The third-order valence-electron chi connectivity index (χ3n) is 3.53. The van der Waals surface area contributed by atoms with Crippen LogP contribution >= 0.6 is 0 Å². The molecule has 2 amide bonds. The molecule has 2 rings (SSSR count). The Morgan fingerprint density at radius 1 is 1.48 bits per heavy atom. The minimum atomic E-state index is -1.01. The standard InChI is InChI=1S/C14H20N4O3/c1-18-5-3-10(9-18)7-16-14(21)17-8-12-6-11(13(19)20)2-4-15-12/h2,4,6,10H,3,5,7-9H2,1H3,(H,19,20)(H2,16,17,21). The number of aromatic nitrogens is 1. The molecule has 2 heterocycles. The molecule has 114 valence electrons. The summed E-state index contributed by atoms with van der Waals surface area (Å²) in [6.45, 7) is 2.93.